The first-order valence-electron chi connectivity index (χ1n) is 5.73. The fourth-order valence-corrected chi connectivity index (χ4v) is 1.51. The number of carboxylic acids is 1. The number of carboxylic acid groups (broad SMARTS) is 1. The molecule has 0 saturated heterocycles. The molecular formula is C12H15ClN2O4. The minimum atomic E-state index is -1.11. The van der Waals surface area contributed by atoms with Crippen LogP contribution < -0.4 is 5.32 Å². The molecule has 6 nitrogen and oxygen atoms in total. The molecule has 1 heterocycles. The van der Waals surface area contributed by atoms with E-state index in [1.165, 1.54) is 6.20 Å². The summed E-state index contributed by atoms with van der Waals surface area (Å²) in [6.45, 7) is 1.99. The Morgan fingerprint density at radius 1 is 1.53 bits per heavy atom. The Morgan fingerprint density at radius 2 is 2.26 bits per heavy atom. The minimum absolute atomic E-state index is 0.136. The third kappa shape index (κ3) is 5.67. The molecule has 1 aromatic heterocycles. The maximum Gasteiger partial charge on any atom is 0.326 e. The van der Waals surface area contributed by atoms with Crippen LogP contribution in [0.1, 0.15) is 12.5 Å². The number of hydrogen-bond donors (Lipinski definition) is 2. The molecule has 1 rings (SSSR count). The first-order valence-corrected chi connectivity index (χ1v) is 6.11. The summed E-state index contributed by atoms with van der Waals surface area (Å²) in [5, 5.41) is 11.8. The van der Waals surface area contributed by atoms with Gasteiger partial charge >= 0.3 is 5.97 Å². The van der Waals surface area contributed by atoms with Crippen molar-refractivity contribution >= 4 is 23.5 Å². The number of carbonyl (C=O) groups is 2. The molecule has 0 aliphatic rings. The maximum absolute atomic E-state index is 11.4. The topological polar surface area (TPSA) is 88.5 Å². The summed E-state index contributed by atoms with van der Waals surface area (Å²) in [5.41, 5.74) is 0.675. The van der Waals surface area contributed by atoms with E-state index in [2.05, 4.69) is 10.3 Å². The normalized spacial score (nSPS) is 11.9. The zero-order valence-electron chi connectivity index (χ0n) is 10.4. The number of ether oxygens (including phenoxy) is 1. The van der Waals surface area contributed by atoms with Gasteiger partial charge in [0.25, 0.3) is 0 Å². The molecule has 1 amide bonds. The van der Waals surface area contributed by atoms with Gasteiger partial charge in [-0.2, -0.15) is 0 Å². The van der Waals surface area contributed by atoms with Crippen LogP contribution >= 0.6 is 11.6 Å². The van der Waals surface area contributed by atoms with Crippen LogP contribution in [0.3, 0.4) is 0 Å². The Balaban J connectivity index is 2.60. The number of halogens is 1. The van der Waals surface area contributed by atoms with Crippen molar-refractivity contribution in [2.75, 3.05) is 13.2 Å². The van der Waals surface area contributed by atoms with E-state index < -0.39 is 17.9 Å². The van der Waals surface area contributed by atoms with Gasteiger partial charge < -0.3 is 15.2 Å². The van der Waals surface area contributed by atoms with Crippen LogP contribution in [0.25, 0.3) is 0 Å². The summed E-state index contributed by atoms with van der Waals surface area (Å²) in [5.74, 6) is -1.57. The van der Waals surface area contributed by atoms with Crippen molar-refractivity contribution in [1.82, 2.24) is 10.3 Å². The van der Waals surface area contributed by atoms with Crippen molar-refractivity contribution in [2.45, 2.75) is 19.4 Å². The van der Waals surface area contributed by atoms with E-state index in [0.29, 0.717) is 17.3 Å². The molecule has 0 aliphatic heterocycles. The lowest BCUT2D eigenvalue weighted by Crippen LogP contribution is -2.43. The number of rotatable bonds is 7. The summed E-state index contributed by atoms with van der Waals surface area (Å²) < 4.78 is 4.91. The number of hydrogen-bond acceptors (Lipinski definition) is 4. The highest BCUT2D eigenvalue weighted by molar-refractivity contribution is 6.29. The van der Waals surface area contributed by atoms with Gasteiger partial charge in [0.05, 0.1) is 0 Å². The van der Waals surface area contributed by atoms with Gasteiger partial charge in [0.1, 0.15) is 17.8 Å². The molecule has 0 fully saturated rings. The van der Waals surface area contributed by atoms with Crippen molar-refractivity contribution in [3.8, 4) is 0 Å². The Labute approximate surface area is 115 Å². The second-order valence-electron chi connectivity index (χ2n) is 3.79. The summed E-state index contributed by atoms with van der Waals surface area (Å²) in [7, 11) is 0. The van der Waals surface area contributed by atoms with Gasteiger partial charge in [-0.25, -0.2) is 9.78 Å². The van der Waals surface area contributed by atoms with Crippen LogP contribution in [0.2, 0.25) is 5.15 Å². The first kappa shape index (κ1) is 15.4. The Hall–Kier alpha value is -1.66. The molecule has 0 bridgehead atoms. The fourth-order valence-electron chi connectivity index (χ4n) is 1.39. The molecule has 7 heteroatoms. The third-order valence-electron chi connectivity index (χ3n) is 2.30. The molecule has 104 valence electrons. The molecule has 0 saturated carbocycles. The highest BCUT2D eigenvalue weighted by Crippen LogP contribution is 2.07. The van der Waals surface area contributed by atoms with E-state index >= 15 is 0 Å². The van der Waals surface area contributed by atoms with E-state index in [1.54, 1.807) is 19.1 Å². The number of aliphatic carboxylic acids is 1. The highest BCUT2D eigenvalue weighted by Gasteiger charge is 2.20. The predicted octanol–water partition coefficient (Wildman–Crippen LogP) is 0.883. The summed E-state index contributed by atoms with van der Waals surface area (Å²) >= 11 is 5.64. The largest absolute Gasteiger partial charge is 0.480 e. The second-order valence-corrected chi connectivity index (χ2v) is 4.18. The lowest BCUT2D eigenvalue weighted by atomic mass is 10.1. The lowest BCUT2D eigenvalue weighted by Gasteiger charge is -2.14. The third-order valence-corrected chi connectivity index (χ3v) is 2.52. The van der Waals surface area contributed by atoms with E-state index in [1.807, 2.05) is 0 Å². The zero-order valence-corrected chi connectivity index (χ0v) is 11.2. The van der Waals surface area contributed by atoms with Gasteiger partial charge in [0, 0.05) is 19.2 Å². The first-order chi connectivity index (χ1) is 9.02. The fraction of sp³-hybridized carbons (Fsp3) is 0.417. The van der Waals surface area contributed by atoms with E-state index in [0.717, 1.165) is 0 Å². The van der Waals surface area contributed by atoms with Crippen LogP contribution in [-0.4, -0.2) is 41.2 Å². The number of nitrogens with zero attached hydrogens (tertiary/aromatic N) is 1. The number of aromatic nitrogens is 1. The minimum Gasteiger partial charge on any atom is -0.480 e. The Kier molecular flexibility index (Phi) is 6.24. The zero-order chi connectivity index (χ0) is 14.3. The van der Waals surface area contributed by atoms with Gasteiger partial charge in [-0.3, -0.25) is 4.79 Å². The molecule has 19 heavy (non-hydrogen) atoms. The van der Waals surface area contributed by atoms with Crippen LogP contribution in [0.5, 0.6) is 0 Å². The standard InChI is InChI=1S/C12H15ClN2O4/c1-2-19-7-11(16)15-9(12(17)18)5-8-3-4-10(13)14-6-8/h3-4,6,9H,2,5,7H2,1H3,(H,15,16)(H,17,18)/t9-/m0/s1. The van der Waals surface area contributed by atoms with Crippen molar-refractivity contribution in [1.29, 1.82) is 0 Å². The lowest BCUT2D eigenvalue weighted by molar-refractivity contribution is -0.142. The summed E-state index contributed by atoms with van der Waals surface area (Å²) in [4.78, 5) is 26.4. The molecule has 0 unspecified atom stereocenters. The van der Waals surface area contributed by atoms with Crippen LogP contribution in [-0.2, 0) is 20.7 Å². The second kappa shape index (κ2) is 7.70. The highest BCUT2D eigenvalue weighted by atomic mass is 35.5. The number of amides is 1. The van der Waals surface area contributed by atoms with E-state index in [-0.39, 0.29) is 13.0 Å². The molecule has 1 aromatic rings. The maximum atomic E-state index is 11.4. The molecular weight excluding hydrogens is 272 g/mol. The van der Waals surface area contributed by atoms with Crippen molar-refractivity contribution < 1.29 is 19.4 Å². The average Bonchev–Trinajstić information content (AvgIpc) is 2.38. The molecule has 0 aromatic carbocycles. The van der Waals surface area contributed by atoms with Gasteiger partial charge in [-0.05, 0) is 18.6 Å². The van der Waals surface area contributed by atoms with Crippen LogP contribution in [0, 0.1) is 0 Å². The van der Waals surface area contributed by atoms with E-state index in [9.17, 15) is 9.59 Å². The van der Waals surface area contributed by atoms with Gasteiger partial charge in [0.2, 0.25) is 5.91 Å². The van der Waals surface area contributed by atoms with Gasteiger partial charge in [-0.15, -0.1) is 0 Å². The predicted molar refractivity (Wildman–Crippen MR) is 69.0 cm³/mol. The van der Waals surface area contributed by atoms with Crippen LogP contribution in [0.4, 0.5) is 0 Å². The Bertz CT molecular complexity index is 436. The quantitative estimate of drug-likeness (QED) is 0.727. The van der Waals surface area contributed by atoms with Gasteiger partial charge in [0.15, 0.2) is 0 Å². The number of carbonyl (C=O) groups excluding carboxylic acids is 1. The molecule has 1 atom stereocenters. The smallest absolute Gasteiger partial charge is 0.326 e. The number of nitrogens with one attached hydrogen (secondary N) is 1. The van der Waals surface area contributed by atoms with E-state index in [4.69, 9.17) is 21.4 Å². The van der Waals surface area contributed by atoms with Crippen molar-refractivity contribution in [3.05, 3.63) is 29.0 Å². The molecule has 0 radical (unpaired) electrons. The van der Waals surface area contributed by atoms with Crippen LogP contribution in [0.15, 0.2) is 18.3 Å². The van der Waals surface area contributed by atoms with Crippen molar-refractivity contribution in [3.63, 3.8) is 0 Å². The molecule has 0 aliphatic carbocycles. The summed E-state index contributed by atoms with van der Waals surface area (Å²) in [6, 6.07) is 2.22. The summed E-state index contributed by atoms with van der Waals surface area (Å²) in [6.07, 6.45) is 1.62. The van der Waals surface area contributed by atoms with Gasteiger partial charge in [-0.1, -0.05) is 17.7 Å². The molecule has 0 spiro atoms. The average molecular weight is 287 g/mol. The number of pyridine rings is 1. The SMILES string of the molecule is CCOCC(=O)N[C@@H](Cc1ccc(Cl)nc1)C(=O)O. The Morgan fingerprint density at radius 3 is 2.79 bits per heavy atom. The monoisotopic (exact) mass is 286 g/mol. The molecule has 2 N–H and O–H groups in total. The van der Waals surface area contributed by atoms with Crippen molar-refractivity contribution in [2.24, 2.45) is 0 Å².